The number of rotatable bonds is 2. The highest BCUT2D eigenvalue weighted by molar-refractivity contribution is 5.92. The lowest BCUT2D eigenvalue weighted by molar-refractivity contribution is -0.137. The summed E-state index contributed by atoms with van der Waals surface area (Å²) in [6.07, 6.45) is 2.67. The number of hydrogen-bond acceptors (Lipinski definition) is 4. The first-order valence-electron chi connectivity index (χ1n) is 6.05. The number of nitrogens with zero attached hydrogens (tertiary/aromatic N) is 1. The minimum absolute atomic E-state index is 0.245. The van der Waals surface area contributed by atoms with Crippen LogP contribution in [0.25, 0.3) is 0 Å². The summed E-state index contributed by atoms with van der Waals surface area (Å²) in [7, 11) is 1.29. The Labute approximate surface area is 111 Å². The lowest BCUT2D eigenvalue weighted by Gasteiger charge is -2.26. The van der Waals surface area contributed by atoms with Gasteiger partial charge in [0.05, 0.1) is 7.11 Å². The molecule has 0 radical (unpaired) electrons. The molecule has 19 heavy (non-hydrogen) atoms. The van der Waals surface area contributed by atoms with Crippen molar-refractivity contribution in [2.24, 2.45) is 0 Å². The van der Waals surface area contributed by atoms with Crippen LogP contribution < -0.4 is 4.74 Å². The van der Waals surface area contributed by atoms with Crippen molar-refractivity contribution in [2.75, 3.05) is 13.7 Å². The number of methoxy groups -OCH3 is 1. The minimum Gasteiger partial charge on any atom is -0.464 e. The van der Waals surface area contributed by atoms with Gasteiger partial charge in [0.2, 0.25) is 0 Å². The van der Waals surface area contributed by atoms with Crippen LogP contribution in [0.1, 0.15) is 12.8 Å². The van der Waals surface area contributed by atoms with E-state index in [9.17, 15) is 9.59 Å². The highest BCUT2D eigenvalue weighted by Gasteiger charge is 2.27. The van der Waals surface area contributed by atoms with Gasteiger partial charge in [-0.2, -0.15) is 0 Å². The quantitative estimate of drug-likeness (QED) is 0.767. The van der Waals surface area contributed by atoms with Gasteiger partial charge >= 0.3 is 12.1 Å². The molecule has 1 heterocycles. The van der Waals surface area contributed by atoms with Crippen molar-refractivity contribution in [2.45, 2.75) is 12.8 Å². The van der Waals surface area contributed by atoms with Crippen molar-refractivity contribution in [1.82, 2.24) is 4.90 Å². The molecule has 1 amide bonds. The molecule has 0 aliphatic carbocycles. The van der Waals surface area contributed by atoms with Crippen molar-refractivity contribution in [3.8, 4) is 5.75 Å². The van der Waals surface area contributed by atoms with E-state index in [-0.39, 0.29) is 5.70 Å². The van der Waals surface area contributed by atoms with Gasteiger partial charge in [-0.1, -0.05) is 24.3 Å². The highest BCUT2D eigenvalue weighted by atomic mass is 16.6. The number of carbonyl (C=O) groups excluding carboxylic acids is 2. The molecule has 0 saturated carbocycles. The molecule has 1 aromatic rings. The van der Waals surface area contributed by atoms with E-state index in [1.165, 1.54) is 12.0 Å². The van der Waals surface area contributed by atoms with Crippen molar-refractivity contribution >= 4 is 12.1 Å². The third-order valence-electron chi connectivity index (χ3n) is 2.78. The van der Waals surface area contributed by atoms with E-state index in [2.05, 4.69) is 4.74 Å². The summed E-state index contributed by atoms with van der Waals surface area (Å²) in [4.78, 5) is 25.0. The molecule has 0 atom stereocenters. The third-order valence-corrected chi connectivity index (χ3v) is 2.78. The van der Waals surface area contributed by atoms with Gasteiger partial charge in [0.1, 0.15) is 11.4 Å². The fourth-order valence-corrected chi connectivity index (χ4v) is 1.85. The van der Waals surface area contributed by atoms with Gasteiger partial charge in [-0.05, 0) is 25.0 Å². The largest absolute Gasteiger partial charge is 0.464 e. The molecule has 1 aliphatic heterocycles. The van der Waals surface area contributed by atoms with Crippen molar-refractivity contribution in [1.29, 1.82) is 0 Å². The Hall–Kier alpha value is -2.30. The average molecular weight is 261 g/mol. The number of hydrogen-bond donors (Lipinski definition) is 0. The Morgan fingerprint density at radius 1 is 1.21 bits per heavy atom. The van der Waals surface area contributed by atoms with Crippen LogP contribution in [0.5, 0.6) is 5.75 Å². The van der Waals surface area contributed by atoms with Crippen molar-refractivity contribution < 1.29 is 19.1 Å². The molecule has 1 aliphatic rings. The molecular weight excluding hydrogens is 246 g/mol. The molecule has 0 fully saturated rings. The van der Waals surface area contributed by atoms with Crippen molar-refractivity contribution in [3.63, 3.8) is 0 Å². The monoisotopic (exact) mass is 261 g/mol. The second kappa shape index (κ2) is 6.04. The zero-order valence-corrected chi connectivity index (χ0v) is 10.7. The van der Waals surface area contributed by atoms with Gasteiger partial charge in [0, 0.05) is 6.54 Å². The van der Waals surface area contributed by atoms with Crippen LogP contribution in [0.15, 0.2) is 42.1 Å². The summed E-state index contributed by atoms with van der Waals surface area (Å²) >= 11 is 0. The summed E-state index contributed by atoms with van der Waals surface area (Å²) in [5.74, 6) is -0.0769. The molecule has 1 aromatic carbocycles. The van der Waals surface area contributed by atoms with Crippen LogP contribution in [-0.4, -0.2) is 30.6 Å². The fraction of sp³-hybridized carbons (Fsp3) is 0.286. The summed E-state index contributed by atoms with van der Waals surface area (Å²) in [6, 6.07) is 8.75. The van der Waals surface area contributed by atoms with E-state index in [1.54, 1.807) is 30.3 Å². The number of amides is 1. The topological polar surface area (TPSA) is 55.8 Å². The lowest BCUT2D eigenvalue weighted by atomic mass is 10.1. The molecule has 2 rings (SSSR count). The Morgan fingerprint density at radius 2 is 1.95 bits per heavy atom. The molecule has 5 heteroatoms. The van der Waals surface area contributed by atoms with Gasteiger partial charge in [0.15, 0.2) is 0 Å². The Kier molecular flexibility index (Phi) is 4.18. The maximum Gasteiger partial charge on any atom is 0.419 e. The third kappa shape index (κ3) is 3.13. The molecule has 0 spiro atoms. The first-order valence-corrected chi connectivity index (χ1v) is 6.05. The summed E-state index contributed by atoms with van der Waals surface area (Å²) in [5.41, 5.74) is 0.245. The van der Waals surface area contributed by atoms with E-state index in [1.807, 2.05) is 6.07 Å². The maximum atomic E-state index is 12.1. The second-order valence-corrected chi connectivity index (χ2v) is 4.06. The van der Waals surface area contributed by atoms with Gasteiger partial charge in [-0.25, -0.2) is 9.59 Å². The van der Waals surface area contributed by atoms with Gasteiger partial charge in [0.25, 0.3) is 0 Å². The first-order chi connectivity index (χ1) is 9.22. The number of esters is 1. The number of carbonyl (C=O) groups is 2. The Balaban J connectivity index is 2.11. The normalized spacial score (nSPS) is 14.6. The van der Waals surface area contributed by atoms with Crippen LogP contribution in [0.2, 0.25) is 0 Å². The Bertz CT molecular complexity index is 495. The van der Waals surface area contributed by atoms with E-state index in [0.717, 1.165) is 12.8 Å². The van der Waals surface area contributed by atoms with Crippen LogP contribution in [0, 0.1) is 0 Å². The molecular formula is C14H15NO4. The SMILES string of the molecule is COC(=O)C1=CCCCN1C(=O)Oc1ccccc1. The van der Waals surface area contributed by atoms with Crippen LogP contribution >= 0.6 is 0 Å². The Morgan fingerprint density at radius 3 is 2.63 bits per heavy atom. The lowest BCUT2D eigenvalue weighted by Crippen LogP contribution is -2.38. The van der Waals surface area contributed by atoms with E-state index in [0.29, 0.717) is 12.3 Å². The number of allylic oxidation sites excluding steroid dienone is 1. The second-order valence-electron chi connectivity index (χ2n) is 4.06. The molecule has 0 unspecified atom stereocenters. The summed E-state index contributed by atoms with van der Waals surface area (Å²) in [5, 5.41) is 0. The molecule has 100 valence electrons. The smallest absolute Gasteiger partial charge is 0.419 e. The number of ether oxygens (including phenoxy) is 2. The predicted octanol–water partition coefficient (Wildman–Crippen LogP) is 2.34. The molecule has 5 nitrogen and oxygen atoms in total. The van der Waals surface area contributed by atoms with Crippen LogP contribution in [-0.2, 0) is 9.53 Å². The highest BCUT2D eigenvalue weighted by Crippen LogP contribution is 2.19. The standard InChI is InChI=1S/C14H15NO4/c1-18-13(16)12-9-5-6-10-15(12)14(17)19-11-7-3-2-4-8-11/h2-4,7-9H,5-6,10H2,1H3. The van der Waals surface area contributed by atoms with Gasteiger partial charge in [-0.15, -0.1) is 0 Å². The summed E-state index contributed by atoms with van der Waals surface area (Å²) < 4.78 is 9.88. The van der Waals surface area contributed by atoms with Crippen LogP contribution in [0.4, 0.5) is 4.79 Å². The van der Waals surface area contributed by atoms with Crippen molar-refractivity contribution in [3.05, 3.63) is 42.1 Å². The van der Waals surface area contributed by atoms with E-state index < -0.39 is 12.1 Å². The van der Waals surface area contributed by atoms with Gasteiger partial charge < -0.3 is 9.47 Å². The average Bonchev–Trinajstić information content (AvgIpc) is 2.47. The molecule has 0 N–H and O–H groups in total. The molecule has 0 aromatic heterocycles. The number of benzene rings is 1. The molecule has 0 bridgehead atoms. The number of para-hydroxylation sites is 1. The zero-order valence-electron chi connectivity index (χ0n) is 10.7. The van der Waals surface area contributed by atoms with E-state index >= 15 is 0 Å². The summed E-state index contributed by atoms with van der Waals surface area (Å²) in [6.45, 7) is 0.451. The predicted molar refractivity (Wildman–Crippen MR) is 68.5 cm³/mol. The molecule has 0 saturated heterocycles. The maximum absolute atomic E-state index is 12.1. The van der Waals surface area contributed by atoms with Gasteiger partial charge in [-0.3, -0.25) is 4.90 Å². The minimum atomic E-state index is -0.567. The van der Waals surface area contributed by atoms with E-state index in [4.69, 9.17) is 4.74 Å². The fourth-order valence-electron chi connectivity index (χ4n) is 1.85. The van der Waals surface area contributed by atoms with Crippen LogP contribution in [0.3, 0.4) is 0 Å². The first kappa shape index (κ1) is 13.1. The zero-order chi connectivity index (χ0) is 13.7.